The molecule has 1 nitrogen and oxygen atoms in total. The second-order valence-corrected chi connectivity index (χ2v) is 6.49. The average Bonchev–Trinajstić information content (AvgIpc) is 2.60. The van der Waals surface area contributed by atoms with E-state index in [1.54, 1.807) is 0 Å². The van der Waals surface area contributed by atoms with Gasteiger partial charge in [-0.15, -0.1) is 12.3 Å². The van der Waals surface area contributed by atoms with Crippen LogP contribution in [0.4, 0.5) is 0 Å². The van der Waals surface area contributed by atoms with Gasteiger partial charge in [-0.25, -0.2) is 0 Å². The van der Waals surface area contributed by atoms with Gasteiger partial charge in [-0.1, -0.05) is 31.5 Å². The van der Waals surface area contributed by atoms with Crippen LogP contribution in [0.5, 0.6) is 0 Å². The van der Waals surface area contributed by atoms with Crippen LogP contribution in [0, 0.1) is 17.8 Å². The number of fused-ring (bicyclic) bond motifs is 1. The van der Waals surface area contributed by atoms with Crippen LogP contribution in [0.2, 0.25) is 5.02 Å². The summed E-state index contributed by atoms with van der Waals surface area (Å²) < 4.78 is 0. The van der Waals surface area contributed by atoms with Crippen LogP contribution in [-0.4, -0.2) is 6.54 Å². The molecule has 0 radical (unpaired) electrons. The van der Waals surface area contributed by atoms with Gasteiger partial charge in [0, 0.05) is 17.5 Å². The van der Waals surface area contributed by atoms with E-state index in [0.717, 1.165) is 37.3 Å². The molecule has 2 rings (SSSR count). The molecule has 0 fully saturated rings. The van der Waals surface area contributed by atoms with Crippen molar-refractivity contribution < 1.29 is 0 Å². The van der Waals surface area contributed by atoms with E-state index in [1.807, 2.05) is 6.07 Å². The number of hydrogen-bond acceptors (Lipinski definition) is 1. The van der Waals surface area contributed by atoms with Crippen molar-refractivity contribution in [3.8, 4) is 12.3 Å². The molecule has 0 bridgehead atoms. The molecule has 0 aromatic heterocycles. The smallest absolute Gasteiger partial charge is 0.0409 e. The summed E-state index contributed by atoms with van der Waals surface area (Å²) in [5.74, 6) is 2.69. The zero-order chi connectivity index (χ0) is 13.9. The van der Waals surface area contributed by atoms with E-state index in [0.29, 0.717) is 6.04 Å². The summed E-state index contributed by atoms with van der Waals surface area (Å²) >= 11 is 6.13. The molecule has 1 unspecified atom stereocenters. The van der Waals surface area contributed by atoms with Gasteiger partial charge in [0.25, 0.3) is 0 Å². The molecule has 1 N–H and O–H groups in total. The largest absolute Gasteiger partial charge is 0.309 e. The lowest BCUT2D eigenvalue weighted by Gasteiger charge is -2.28. The van der Waals surface area contributed by atoms with E-state index in [9.17, 15) is 0 Å². The lowest BCUT2D eigenvalue weighted by atomic mass is 9.85. The van der Waals surface area contributed by atoms with Gasteiger partial charge in [0.2, 0.25) is 0 Å². The number of unbranched alkanes of at least 4 members (excludes halogenated alkanes) is 2. The van der Waals surface area contributed by atoms with Crippen LogP contribution in [0.1, 0.15) is 50.3 Å². The highest BCUT2D eigenvalue weighted by Gasteiger charge is 2.38. The molecule has 1 aliphatic carbocycles. The van der Waals surface area contributed by atoms with Gasteiger partial charge in [-0.2, -0.15) is 0 Å². The molecule has 0 amide bonds. The first-order valence-electron chi connectivity index (χ1n) is 7.00. The van der Waals surface area contributed by atoms with E-state index in [1.165, 1.54) is 11.1 Å². The standard InChI is InChI=1S/C17H22ClN/c1-4-5-6-7-10-19-16-15-11-14(18)9-8-13(15)12-17(16,2)3/h1,8-9,11,16,19H,5-7,10,12H2,2-3H3. The minimum absolute atomic E-state index is 0.249. The summed E-state index contributed by atoms with van der Waals surface area (Å²) in [7, 11) is 0. The lowest BCUT2D eigenvalue weighted by molar-refractivity contribution is 0.269. The number of benzene rings is 1. The van der Waals surface area contributed by atoms with Crippen molar-refractivity contribution >= 4 is 11.6 Å². The van der Waals surface area contributed by atoms with Gasteiger partial charge in [-0.3, -0.25) is 0 Å². The average molecular weight is 276 g/mol. The Morgan fingerprint density at radius 1 is 1.42 bits per heavy atom. The lowest BCUT2D eigenvalue weighted by Crippen LogP contribution is -2.31. The molecular weight excluding hydrogens is 254 g/mol. The highest BCUT2D eigenvalue weighted by atomic mass is 35.5. The molecule has 1 aliphatic rings. The van der Waals surface area contributed by atoms with Crippen molar-refractivity contribution in [3.05, 3.63) is 34.3 Å². The molecule has 0 saturated heterocycles. The predicted molar refractivity (Wildman–Crippen MR) is 82.4 cm³/mol. The van der Waals surface area contributed by atoms with E-state index in [-0.39, 0.29) is 5.41 Å². The minimum Gasteiger partial charge on any atom is -0.309 e. The number of nitrogens with one attached hydrogen (secondary N) is 1. The van der Waals surface area contributed by atoms with E-state index in [4.69, 9.17) is 18.0 Å². The highest BCUT2D eigenvalue weighted by Crippen LogP contribution is 2.45. The topological polar surface area (TPSA) is 12.0 Å². The fraction of sp³-hybridized carbons (Fsp3) is 0.529. The third-order valence-corrected chi connectivity index (χ3v) is 4.18. The minimum atomic E-state index is 0.249. The Labute approximate surface area is 121 Å². The number of rotatable bonds is 5. The molecule has 1 atom stereocenters. The fourth-order valence-electron chi connectivity index (χ4n) is 2.99. The number of hydrogen-bond donors (Lipinski definition) is 1. The van der Waals surface area contributed by atoms with E-state index < -0.39 is 0 Å². The van der Waals surface area contributed by atoms with Gasteiger partial charge in [-0.05, 0) is 54.5 Å². The van der Waals surface area contributed by atoms with Gasteiger partial charge in [0.05, 0.1) is 0 Å². The van der Waals surface area contributed by atoms with E-state index >= 15 is 0 Å². The predicted octanol–water partition coefficient (Wildman–Crippen LogP) is 4.36. The molecule has 19 heavy (non-hydrogen) atoms. The van der Waals surface area contributed by atoms with Crippen LogP contribution >= 0.6 is 11.6 Å². The molecule has 0 spiro atoms. The zero-order valence-electron chi connectivity index (χ0n) is 11.8. The van der Waals surface area contributed by atoms with Crippen LogP contribution in [0.25, 0.3) is 0 Å². The van der Waals surface area contributed by atoms with Gasteiger partial charge < -0.3 is 5.32 Å². The van der Waals surface area contributed by atoms with Crippen molar-refractivity contribution in [2.75, 3.05) is 6.54 Å². The first kappa shape index (κ1) is 14.4. The maximum absolute atomic E-state index is 6.13. The summed E-state index contributed by atoms with van der Waals surface area (Å²) in [4.78, 5) is 0. The first-order chi connectivity index (χ1) is 9.04. The maximum atomic E-state index is 6.13. The second kappa shape index (κ2) is 5.99. The fourth-order valence-corrected chi connectivity index (χ4v) is 3.17. The van der Waals surface area contributed by atoms with Gasteiger partial charge in [0.1, 0.15) is 0 Å². The SMILES string of the molecule is C#CCCCCNC1c2cc(Cl)ccc2CC1(C)C. The Bertz CT molecular complexity index is 485. The van der Waals surface area contributed by atoms with Crippen LogP contribution < -0.4 is 5.32 Å². The number of halogens is 1. The Morgan fingerprint density at radius 2 is 2.21 bits per heavy atom. The van der Waals surface area contributed by atoms with Crippen molar-refractivity contribution in [3.63, 3.8) is 0 Å². The summed E-state index contributed by atoms with van der Waals surface area (Å²) in [5.41, 5.74) is 3.05. The molecule has 1 aromatic carbocycles. The van der Waals surface area contributed by atoms with Gasteiger partial charge in [0.15, 0.2) is 0 Å². The third-order valence-electron chi connectivity index (χ3n) is 3.94. The molecule has 102 valence electrons. The summed E-state index contributed by atoms with van der Waals surface area (Å²) in [5, 5.41) is 4.52. The van der Waals surface area contributed by atoms with Crippen LogP contribution in [0.15, 0.2) is 18.2 Å². The molecule has 0 saturated carbocycles. The first-order valence-corrected chi connectivity index (χ1v) is 7.37. The molecule has 2 heteroatoms. The van der Waals surface area contributed by atoms with Crippen LogP contribution in [0.3, 0.4) is 0 Å². The van der Waals surface area contributed by atoms with Crippen molar-refractivity contribution in [2.45, 2.75) is 45.6 Å². The normalized spacial score (nSPS) is 20.0. The molecule has 0 aliphatic heterocycles. The maximum Gasteiger partial charge on any atom is 0.0409 e. The monoisotopic (exact) mass is 275 g/mol. The summed E-state index contributed by atoms with van der Waals surface area (Å²) in [6.45, 7) is 5.65. The van der Waals surface area contributed by atoms with Crippen molar-refractivity contribution in [2.24, 2.45) is 5.41 Å². The second-order valence-electron chi connectivity index (χ2n) is 6.06. The Balaban J connectivity index is 2.03. The van der Waals surface area contributed by atoms with E-state index in [2.05, 4.69) is 37.2 Å². The summed E-state index contributed by atoms with van der Waals surface area (Å²) in [6, 6.07) is 6.67. The summed E-state index contributed by atoms with van der Waals surface area (Å²) in [6.07, 6.45) is 9.48. The quantitative estimate of drug-likeness (QED) is 0.622. The third kappa shape index (κ3) is 3.32. The van der Waals surface area contributed by atoms with Crippen LogP contribution in [-0.2, 0) is 6.42 Å². The Morgan fingerprint density at radius 3 is 2.95 bits per heavy atom. The molecule has 1 aromatic rings. The van der Waals surface area contributed by atoms with Crippen molar-refractivity contribution in [1.29, 1.82) is 0 Å². The highest BCUT2D eigenvalue weighted by molar-refractivity contribution is 6.30. The number of terminal acetylenes is 1. The van der Waals surface area contributed by atoms with Gasteiger partial charge >= 0.3 is 0 Å². The van der Waals surface area contributed by atoms with Crippen molar-refractivity contribution in [1.82, 2.24) is 5.32 Å². The molecule has 0 heterocycles. The Hall–Kier alpha value is -0.970. The Kier molecular flexibility index (Phi) is 4.55. The zero-order valence-corrected chi connectivity index (χ0v) is 12.6. The molecular formula is C17H22ClN.